The molecule has 0 saturated carbocycles. The van der Waals surface area contributed by atoms with Gasteiger partial charge in [-0.2, -0.15) is 0 Å². The summed E-state index contributed by atoms with van der Waals surface area (Å²) in [5, 5.41) is 0. The van der Waals surface area contributed by atoms with Crippen LogP contribution in [0.25, 0.3) is 0 Å². The molecule has 16 heavy (non-hydrogen) atoms. The molecule has 0 amide bonds. The fourth-order valence-electron chi connectivity index (χ4n) is 0.980. The van der Waals surface area contributed by atoms with E-state index in [4.69, 9.17) is 11.6 Å². The molecule has 5 heteroatoms. The monoisotopic (exact) mass is 248 g/mol. The molecule has 0 fully saturated rings. The zero-order chi connectivity index (χ0) is 12.0. The topological polar surface area (TPSA) is 9.23 Å². The van der Waals surface area contributed by atoms with Crippen molar-refractivity contribution in [2.24, 2.45) is 0 Å². The first-order valence-corrected chi connectivity index (χ1v) is 4.92. The number of rotatable bonds is 3. The van der Waals surface area contributed by atoms with Gasteiger partial charge >= 0.3 is 0 Å². The number of benzene rings is 1. The van der Waals surface area contributed by atoms with Crippen molar-refractivity contribution >= 4 is 11.6 Å². The van der Waals surface area contributed by atoms with E-state index in [1.54, 1.807) is 0 Å². The van der Waals surface area contributed by atoms with E-state index in [-0.39, 0.29) is 11.6 Å². The van der Waals surface area contributed by atoms with Crippen molar-refractivity contribution in [3.05, 3.63) is 29.6 Å². The Bertz CT molecular complexity index is 409. The largest absolute Gasteiger partial charge is 0.485 e. The summed E-state index contributed by atoms with van der Waals surface area (Å²) in [5.74, 6) is 4.41. The molecule has 0 radical (unpaired) electrons. The normalized spacial score (nSPS) is 9.81. The zero-order valence-corrected chi connectivity index (χ0v) is 8.90. The van der Waals surface area contributed by atoms with Crippen molar-refractivity contribution in [2.45, 2.75) is 6.43 Å². The second kappa shape index (κ2) is 6.29. The molecule has 1 aromatic rings. The average Bonchev–Trinajstić information content (AvgIpc) is 2.26. The molecule has 0 heterocycles. The van der Waals surface area contributed by atoms with Gasteiger partial charge in [0.05, 0.1) is 5.88 Å². The molecule has 0 aromatic heterocycles. The first-order valence-electron chi connectivity index (χ1n) is 4.39. The second-order valence-electron chi connectivity index (χ2n) is 2.78. The van der Waals surface area contributed by atoms with E-state index in [1.165, 1.54) is 12.1 Å². The number of ether oxygens (including phenoxy) is 1. The van der Waals surface area contributed by atoms with E-state index in [9.17, 15) is 13.2 Å². The quantitative estimate of drug-likeness (QED) is 0.590. The van der Waals surface area contributed by atoms with Crippen molar-refractivity contribution in [3.63, 3.8) is 0 Å². The lowest BCUT2D eigenvalue weighted by Crippen LogP contribution is -2.08. The summed E-state index contributed by atoms with van der Waals surface area (Å²) in [5.41, 5.74) is 0.464. The first kappa shape index (κ1) is 12.7. The van der Waals surface area contributed by atoms with Crippen LogP contribution in [-0.4, -0.2) is 18.9 Å². The summed E-state index contributed by atoms with van der Waals surface area (Å²) in [6.45, 7) is -0.844. The van der Waals surface area contributed by atoms with E-state index in [0.29, 0.717) is 5.56 Å². The molecule has 1 nitrogen and oxygen atoms in total. The maximum Gasteiger partial charge on any atom is 0.272 e. The maximum atomic E-state index is 13.1. The average molecular weight is 249 g/mol. The zero-order valence-electron chi connectivity index (χ0n) is 8.14. The minimum atomic E-state index is -2.64. The summed E-state index contributed by atoms with van der Waals surface area (Å²) in [7, 11) is 0. The minimum absolute atomic E-state index is 0.143. The maximum absolute atomic E-state index is 13.1. The van der Waals surface area contributed by atoms with Gasteiger partial charge in [0.15, 0.2) is 11.6 Å². The second-order valence-corrected chi connectivity index (χ2v) is 3.05. The van der Waals surface area contributed by atoms with Gasteiger partial charge in [-0.15, -0.1) is 11.6 Å². The van der Waals surface area contributed by atoms with Crippen molar-refractivity contribution in [1.29, 1.82) is 0 Å². The number of alkyl halides is 3. The molecule has 0 aliphatic rings. The highest BCUT2D eigenvalue weighted by Crippen LogP contribution is 2.18. The standard InChI is InChI=1S/C11H8ClF3O/c12-5-1-2-8-3-4-9(13)10(6-8)16-7-11(14)15/h3-4,6,11H,5,7H2. The van der Waals surface area contributed by atoms with Crippen molar-refractivity contribution in [3.8, 4) is 17.6 Å². The van der Waals surface area contributed by atoms with Crippen molar-refractivity contribution < 1.29 is 17.9 Å². The Kier molecular flexibility index (Phi) is 5.00. The van der Waals surface area contributed by atoms with Crippen LogP contribution in [0.2, 0.25) is 0 Å². The summed E-state index contributed by atoms with van der Waals surface area (Å²) in [6, 6.07) is 3.79. The molecule has 1 aromatic carbocycles. The summed E-state index contributed by atoms with van der Waals surface area (Å²) in [4.78, 5) is 0. The first-order chi connectivity index (χ1) is 7.63. The Morgan fingerprint density at radius 3 is 2.75 bits per heavy atom. The van der Waals surface area contributed by atoms with Crippen LogP contribution >= 0.6 is 11.6 Å². The Morgan fingerprint density at radius 1 is 1.38 bits per heavy atom. The Hall–Kier alpha value is -1.34. The van der Waals surface area contributed by atoms with Crippen LogP contribution in [0.5, 0.6) is 5.75 Å². The lowest BCUT2D eigenvalue weighted by molar-refractivity contribution is 0.0799. The lowest BCUT2D eigenvalue weighted by atomic mass is 10.2. The van der Waals surface area contributed by atoms with Crippen LogP contribution in [-0.2, 0) is 0 Å². The Balaban J connectivity index is 2.82. The Morgan fingerprint density at radius 2 is 2.12 bits per heavy atom. The van der Waals surface area contributed by atoms with E-state index in [2.05, 4.69) is 16.6 Å². The van der Waals surface area contributed by atoms with E-state index in [0.717, 1.165) is 6.07 Å². The minimum Gasteiger partial charge on any atom is -0.485 e. The SMILES string of the molecule is Fc1ccc(C#CCCl)cc1OCC(F)F. The lowest BCUT2D eigenvalue weighted by Gasteiger charge is -2.06. The fraction of sp³-hybridized carbons (Fsp3) is 0.273. The molecule has 0 unspecified atom stereocenters. The van der Waals surface area contributed by atoms with Gasteiger partial charge in [0.1, 0.15) is 6.61 Å². The Labute approximate surface area is 96.2 Å². The van der Waals surface area contributed by atoms with E-state index < -0.39 is 18.8 Å². The molecular formula is C11H8ClF3O. The van der Waals surface area contributed by atoms with E-state index >= 15 is 0 Å². The number of halogens is 4. The predicted molar refractivity (Wildman–Crippen MR) is 55.5 cm³/mol. The van der Waals surface area contributed by atoms with Gasteiger partial charge in [0, 0.05) is 5.56 Å². The fourth-order valence-corrected chi connectivity index (χ4v) is 1.05. The van der Waals surface area contributed by atoms with Gasteiger partial charge in [-0.05, 0) is 18.2 Å². The molecule has 0 bridgehead atoms. The third kappa shape index (κ3) is 4.03. The summed E-state index contributed by atoms with van der Waals surface area (Å²) in [6.07, 6.45) is -2.64. The molecule has 0 N–H and O–H groups in total. The summed E-state index contributed by atoms with van der Waals surface area (Å²) >= 11 is 5.35. The molecule has 0 aliphatic carbocycles. The van der Waals surface area contributed by atoms with Crippen LogP contribution in [0, 0.1) is 17.7 Å². The molecule has 1 rings (SSSR count). The molecule has 86 valence electrons. The van der Waals surface area contributed by atoms with Crippen LogP contribution < -0.4 is 4.74 Å². The van der Waals surface area contributed by atoms with Gasteiger partial charge in [-0.1, -0.05) is 11.8 Å². The van der Waals surface area contributed by atoms with Crippen LogP contribution in [0.15, 0.2) is 18.2 Å². The summed E-state index contributed by atoms with van der Waals surface area (Å²) < 4.78 is 41.4. The van der Waals surface area contributed by atoms with Gasteiger partial charge in [-0.25, -0.2) is 13.2 Å². The highest BCUT2D eigenvalue weighted by atomic mass is 35.5. The number of hydrogen-bond donors (Lipinski definition) is 0. The third-order valence-corrected chi connectivity index (χ3v) is 1.73. The molecule has 0 saturated heterocycles. The third-order valence-electron chi connectivity index (χ3n) is 1.60. The van der Waals surface area contributed by atoms with Crippen LogP contribution in [0.1, 0.15) is 5.56 Å². The molecule has 0 atom stereocenters. The molecule has 0 aliphatic heterocycles. The number of hydrogen-bond acceptors (Lipinski definition) is 1. The highest BCUT2D eigenvalue weighted by molar-refractivity contribution is 6.19. The van der Waals surface area contributed by atoms with Gasteiger partial charge in [0.2, 0.25) is 0 Å². The smallest absolute Gasteiger partial charge is 0.272 e. The van der Waals surface area contributed by atoms with Crippen molar-refractivity contribution in [1.82, 2.24) is 0 Å². The molecular weight excluding hydrogens is 241 g/mol. The predicted octanol–water partition coefficient (Wildman–Crippen LogP) is 3.06. The van der Waals surface area contributed by atoms with Gasteiger partial charge in [-0.3, -0.25) is 0 Å². The van der Waals surface area contributed by atoms with Gasteiger partial charge < -0.3 is 4.74 Å². The van der Waals surface area contributed by atoms with E-state index in [1.807, 2.05) is 0 Å². The van der Waals surface area contributed by atoms with Crippen LogP contribution in [0.3, 0.4) is 0 Å². The van der Waals surface area contributed by atoms with Gasteiger partial charge in [0.25, 0.3) is 6.43 Å². The van der Waals surface area contributed by atoms with Crippen molar-refractivity contribution in [2.75, 3.05) is 12.5 Å². The highest BCUT2D eigenvalue weighted by Gasteiger charge is 2.08. The van der Waals surface area contributed by atoms with Crippen LogP contribution in [0.4, 0.5) is 13.2 Å². The molecule has 0 spiro atoms.